The first-order chi connectivity index (χ1) is 14.6. The van der Waals surface area contributed by atoms with E-state index in [-0.39, 0.29) is 5.91 Å². The number of benzene rings is 2. The highest BCUT2D eigenvalue weighted by molar-refractivity contribution is 8.13. The van der Waals surface area contributed by atoms with E-state index in [0.29, 0.717) is 33.2 Å². The minimum atomic E-state index is -0.139. The van der Waals surface area contributed by atoms with Crippen LogP contribution >= 0.6 is 34.9 Å². The van der Waals surface area contributed by atoms with Crippen LogP contribution in [0.5, 0.6) is 5.75 Å². The van der Waals surface area contributed by atoms with Crippen molar-refractivity contribution in [1.29, 1.82) is 0 Å². The second kappa shape index (κ2) is 9.42. The fraction of sp³-hybridized carbons (Fsp3) is 0.143. The lowest BCUT2D eigenvalue weighted by atomic mass is 10.1. The summed E-state index contributed by atoms with van der Waals surface area (Å²) in [6.45, 7) is 0.439. The van der Waals surface area contributed by atoms with Crippen molar-refractivity contribution < 1.29 is 9.53 Å². The Hall–Kier alpha value is -2.68. The number of rotatable bonds is 6. The largest absolute Gasteiger partial charge is 0.497 e. The topological polar surface area (TPSA) is 67.7 Å². The van der Waals surface area contributed by atoms with Crippen LogP contribution in [0.4, 0.5) is 0 Å². The fourth-order valence-electron chi connectivity index (χ4n) is 2.82. The number of amidine groups is 1. The number of aliphatic imine (C=N–C) groups is 1. The van der Waals surface area contributed by atoms with Crippen LogP contribution in [-0.4, -0.2) is 32.7 Å². The molecule has 1 aromatic heterocycles. The lowest BCUT2D eigenvalue weighted by molar-refractivity contribution is -0.122. The average molecular weight is 457 g/mol. The van der Waals surface area contributed by atoms with E-state index in [4.69, 9.17) is 16.3 Å². The Morgan fingerprint density at radius 1 is 1.17 bits per heavy atom. The molecule has 0 N–H and O–H groups in total. The highest BCUT2D eigenvalue weighted by Crippen LogP contribution is 2.29. The SMILES string of the molecule is COc1ccc(C=C2N=C(SCc3nnsc3Cl)N(Cc3ccccc3)C2=O)cc1. The van der Waals surface area contributed by atoms with Crippen molar-refractivity contribution in [3.8, 4) is 5.75 Å². The fourth-order valence-corrected chi connectivity index (χ4v) is 4.55. The Balaban J connectivity index is 1.60. The average Bonchev–Trinajstić information content (AvgIpc) is 3.31. The number of ether oxygens (including phenoxy) is 1. The third kappa shape index (κ3) is 4.72. The van der Waals surface area contributed by atoms with E-state index in [1.165, 1.54) is 11.8 Å². The van der Waals surface area contributed by atoms with E-state index in [1.807, 2.05) is 54.6 Å². The molecule has 152 valence electrons. The van der Waals surface area contributed by atoms with Crippen molar-refractivity contribution in [2.75, 3.05) is 7.11 Å². The number of aromatic nitrogens is 2. The van der Waals surface area contributed by atoms with Gasteiger partial charge in [-0.1, -0.05) is 70.3 Å². The third-order valence-electron chi connectivity index (χ3n) is 4.36. The zero-order chi connectivity index (χ0) is 20.9. The van der Waals surface area contributed by atoms with Crippen molar-refractivity contribution in [3.63, 3.8) is 0 Å². The highest BCUT2D eigenvalue weighted by Gasteiger charge is 2.31. The second-order valence-corrected chi connectivity index (χ2v) is 8.65. The summed E-state index contributed by atoms with van der Waals surface area (Å²) >= 11 is 8.69. The molecular weight excluding hydrogens is 440 g/mol. The number of carbonyl (C=O) groups excluding carboxylic acids is 1. The predicted molar refractivity (Wildman–Crippen MR) is 122 cm³/mol. The van der Waals surface area contributed by atoms with Gasteiger partial charge < -0.3 is 4.74 Å². The molecule has 1 amide bonds. The van der Waals surface area contributed by atoms with E-state index in [1.54, 1.807) is 18.1 Å². The monoisotopic (exact) mass is 456 g/mol. The molecule has 3 aromatic rings. The van der Waals surface area contributed by atoms with E-state index in [0.717, 1.165) is 28.4 Å². The first kappa shape index (κ1) is 20.6. The first-order valence-corrected chi connectivity index (χ1v) is 11.2. The van der Waals surface area contributed by atoms with Crippen molar-refractivity contribution in [2.45, 2.75) is 12.3 Å². The number of nitrogens with zero attached hydrogens (tertiary/aromatic N) is 4. The molecule has 30 heavy (non-hydrogen) atoms. The highest BCUT2D eigenvalue weighted by atomic mass is 35.5. The molecule has 6 nitrogen and oxygen atoms in total. The molecule has 0 bridgehead atoms. The van der Waals surface area contributed by atoms with Crippen LogP contribution < -0.4 is 4.74 Å². The summed E-state index contributed by atoms with van der Waals surface area (Å²) < 4.78 is 9.60. The standard InChI is InChI=1S/C21H17ClN4O2S2/c1-28-16-9-7-14(8-10-16)11-17-20(27)26(12-15-5-3-2-4-6-15)21(23-17)29-13-18-19(22)30-25-24-18/h2-11H,12-13H2,1H3. The van der Waals surface area contributed by atoms with Crippen molar-refractivity contribution in [2.24, 2.45) is 4.99 Å². The molecule has 0 saturated carbocycles. The third-order valence-corrected chi connectivity index (χ3v) is 6.33. The van der Waals surface area contributed by atoms with Gasteiger partial charge in [0.25, 0.3) is 5.91 Å². The van der Waals surface area contributed by atoms with Gasteiger partial charge >= 0.3 is 0 Å². The van der Waals surface area contributed by atoms with Gasteiger partial charge in [-0.25, -0.2) is 4.99 Å². The van der Waals surface area contributed by atoms with Gasteiger partial charge in [-0.2, -0.15) is 0 Å². The molecule has 0 fully saturated rings. The molecule has 1 aliphatic heterocycles. The zero-order valence-electron chi connectivity index (χ0n) is 16.0. The van der Waals surface area contributed by atoms with Crippen molar-refractivity contribution in [1.82, 2.24) is 14.5 Å². The lowest BCUT2D eigenvalue weighted by Crippen LogP contribution is -2.30. The predicted octanol–water partition coefficient (Wildman–Crippen LogP) is 4.87. The van der Waals surface area contributed by atoms with E-state index in [9.17, 15) is 4.79 Å². The minimum absolute atomic E-state index is 0.139. The number of hydrogen-bond donors (Lipinski definition) is 0. The molecule has 0 radical (unpaired) electrons. The number of halogens is 1. The van der Waals surface area contributed by atoms with Gasteiger partial charge in [-0.05, 0) is 29.3 Å². The number of carbonyl (C=O) groups is 1. The van der Waals surface area contributed by atoms with E-state index in [2.05, 4.69) is 14.6 Å². The van der Waals surface area contributed by atoms with Gasteiger partial charge in [0.05, 0.1) is 13.7 Å². The molecule has 0 atom stereocenters. The summed E-state index contributed by atoms with van der Waals surface area (Å²) in [5.41, 5.74) is 2.98. The summed E-state index contributed by atoms with van der Waals surface area (Å²) in [7, 11) is 1.62. The molecular formula is C21H17ClN4O2S2. The quantitative estimate of drug-likeness (QED) is 0.495. The molecule has 0 unspecified atom stereocenters. The van der Waals surface area contributed by atoms with Crippen LogP contribution in [0.2, 0.25) is 4.34 Å². The zero-order valence-corrected chi connectivity index (χ0v) is 18.4. The van der Waals surface area contributed by atoms with Gasteiger partial charge in [0.1, 0.15) is 21.5 Å². The van der Waals surface area contributed by atoms with Gasteiger partial charge in [-0.15, -0.1) is 5.10 Å². The van der Waals surface area contributed by atoms with Gasteiger partial charge in [0, 0.05) is 17.3 Å². The van der Waals surface area contributed by atoms with Crippen LogP contribution in [0.3, 0.4) is 0 Å². The molecule has 0 aliphatic carbocycles. The number of hydrogen-bond acceptors (Lipinski definition) is 7. The second-order valence-electron chi connectivity index (χ2n) is 6.36. The summed E-state index contributed by atoms with van der Waals surface area (Å²) in [6, 6.07) is 17.3. The molecule has 4 rings (SSSR count). The Morgan fingerprint density at radius 2 is 1.93 bits per heavy atom. The molecule has 2 aromatic carbocycles. The van der Waals surface area contributed by atoms with Crippen LogP contribution in [0, 0.1) is 0 Å². The maximum atomic E-state index is 13.1. The number of amides is 1. The molecule has 2 heterocycles. The molecule has 0 spiro atoms. The Labute approximate surface area is 187 Å². The van der Waals surface area contributed by atoms with Crippen LogP contribution in [-0.2, 0) is 17.1 Å². The Kier molecular flexibility index (Phi) is 6.47. The number of thioether (sulfide) groups is 1. The van der Waals surface area contributed by atoms with Gasteiger partial charge in [-0.3, -0.25) is 9.69 Å². The first-order valence-electron chi connectivity index (χ1n) is 9.04. The number of methoxy groups -OCH3 is 1. The Bertz CT molecular complexity index is 1100. The van der Waals surface area contributed by atoms with E-state index >= 15 is 0 Å². The maximum Gasteiger partial charge on any atom is 0.278 e. The molecule has 9 heteroatoms. The van der Waals surface area contributed by atoms with Crippen molar-refractivity contribution >= 4 is 52.0 Å². The minimum Gasteiger partial charge on any atom is -0.497 e. The van der Waals surface area contributed by atoms with E-state index < -0.39 is 0 Å². The van der Waals surface area contributed by atoms with Crippen LogP contribution in [0.15, 0.2) is 65.3 Å². The Morgan fingerprint density at radius 3 is 2.60 bits per heavy atom. The van der Waals surface area contributed by atoms with Crippen LogP contribution in [0.1, 0.15) is 16.8 Å². The summed E-state index contributed by atoms with van der Waals surface area (Å²) in [4.78, 5) is 19.4. The summed E-state index contributed by atoms with van der Waals surface area (Å²) in [6.07, 6.45) is 1.78. The summed E-state index contributed by atoms with van der Waals surface area (Å²) in [5.74, 6) is 1.11. The van der Waals surface area contributed by atoms with Gasteiger partial charge in [0.15, 0.2) is 5.17 Å². The van der Waals surface area contributed by atoms with Gasteiger partial charge in [0.2, 0.25) is 0 Å². The smallest absolute Gasteiger partial charge is 0.278 e. The lowest BCUT2D eigenvalue weighted by Gasteiger charge is -2.17. The summed E-state index contributed by atoms with van der Waals surface area (Å²) in [5, 5.41) is 4.66. The maximum absolute atomic E-state index is 13.1. The molecule has 1 aliphatic rings. The van der Waals surface area contributed by atoms with Crippen molar-refractivity contribution in [3.05, 3.63) is 81.5 Å². The normalized spacial score (nSPS) is 15.0. The molecule has 0 saturated heterocycles. The van der Waals surface area contributed by atoms with Crippen LogP contribution in [0.25, 0.3) is 6.08 Å².